The Hall–Kier alpha value is -1.59. The van der Waals surface area contributed by atoms with Gasteiger partial charge in [0.05, 0.1) is 10.0 Å². The van der Waals surface area contributed by atoms with Crippen LogP contribution >= 0.6 is 27.5 Å². The van der Waals surface area contributed by atoms with E-state index in [1.165, 1.54) is 6.07 Å². The summed E-state index contributed by atoms with van der Waals surface area (Å²) >= 11 is 9.22. The van der Waals surface area contributed by atoms with Gasteiger partial charge in [-0.3, -0.25) is 0 Å². The monoisotopic (exact) mass is 369 g/mol. The second-order valence-corrected chi connectivity index (χ2v) is 6.05. The Labute approximate surface area is 135 Å². The summed E-state index contributed by atoms with van der Waals surface area (Å²) in [5.74, 6) is -0.162. The number of carbonyl (C=O) groups is 1. The molecule has 1 N–H and O–H groups in total. The molecule has 0 radical (unpaired) electrons. The molecule has 0 saturated carbocycles. The topological polar surface area (TPSA) is 59.4 Å². The lowest BCUT2D eigenvalue weighted by Gasteiger charge is -2.11. The van der Waals surface area contributed by atoms with E-state index in [-0.39, 0.29) is 17.4 Å². The fourth-order valence-corrected chi connectivity index (χ4v) is 2.43. The molecule has 1 aromatic heterocycles. The summed E-state index contributed by atoms with van der Waals surface area (Å²) in [7, 11) is 0. The van der Waals surface area contributed by atoms with E-state index in [1.54, 1.807) is 24.3 Å². The molecule has 4 nitrogen and oxygen atoms in total. The van der Waals surface area contributed by atoms with Crippen LogP contribution in [-0.2, 0) is 0 Å². The molecular formula is C15H13BrClNO3. The van der Waals surface area contributed by atoms with Crippen molar-refractivity contribution < 1.29 is 14.6 Å². The van der Waals surface area contributed by atoms with Crippen LogP contribution in [0.5, 0.6) is 11.6 Å². The number of nitrogens with zero attached hydrogens (tertiary/aromatic N) is 1. The van der Waals surface area contributed by atoms with E-state index in [4.69, 9.17) is 21.4 Å². The van der Waals surface area contributed by atoms with Crippen LogP contribution in [0.2, 0.25) is 5.02 Å². The number of aromatic carboxylic acids is 1. The lowest BCUT2D eigenvalue weighted by molar-refractivity contribution is 0.0696. The van der Waals surface area contributed by atoms with Crippen LogP contribution in [0.15, 0.2) is 34.8 Å². The predicted octanol–water partition coefficient (Wildman–Crippen LogP) is 5.11. The highest BCUT2D eigenvalue weighted by Crippen LogP contribution is 2.32. The maximum Gasteiger partial charge on any atom is 0.335 e. The number of carboxylic acid groups (broad SMARTS) is 1. The number of pyridine rings is 1. The molecule has 0 aliphatic heterocycles. The molecule has 0 aliphatic rings. The number of carboxylic acids is 1. The molecule has 0 fully saturated rings. The van der Waals surface area contributed by atoms with Crippen molar-refractivity contribution in [1.29, 1.82) is 0 Å². The Bertz CT molecular complexity index is 689. The van der Waals surface area contributed by atoms with E-state index in [9.17, 15) is 4.79 Å². The maximum absolute atomic E-state index is 11.2. The highest BCUT2D eigenvalue weighted by Gasteiger charge is 2.13. The third kappa shape index (κ3) is 3.95. The zero-order valence-corrected chi connectivity index (χ0v) is 13.8. The Kier molecular flexibility index (Phi) is 4.85. The van der Waals surface area contributed by atoms with Crippen molar-refractivity contribution in [3.63, 3.8) is 0 Å². The van der Waals surface area contributed by atoms with E-state index >= 15 is 0 Å². The smallest absolute Gasteiger partial charge is 0.335 e. The largest absolute Gasteiger partial charge is 0.478 e. The van der Waals surface area contributed by atoms with Gasteiger partial charge in [-0.05, 0) is 46.1 Å². The first-order chi connectivity index (χ1) is 9.86. The number of aromatic nitrogens is 1. The van der Waals surface area contributed by atoms with E-state index in [1.807, 2.05) is 13.8 Å². The zero-order valence-electron chi connectivity index (χ0n) is 11.4. The molecular weight excluding hydrogens is 358 g/mol. The number of rotatable bonds is 4. The Morgan fingerprint density at radius 3 is 2.62 bits per heavy atom. The van der Waals surface area contributed by atoms with Crippen LogP contribution in [0.3, 0.4) is 0 Å². The molecule has 0 bridgehead atoms. The lowest BCUT2D eigenvalue weighted by Crippen LogP contribution is -2.03. The van der Waals surface area contributed by atoms with Gasteiger partial charge in [0.1, 0.15) is 5.75 Å². The number of hydrogen-bond acceptors (Lipinski definition) is 3. The number of ether oxygens (including phenoxy) is 1. The van der Waals surface area contributed by atoms with Gasteiger partial charge in [-0.2, -0.15) is 0 Å². The standard InChI is InChI=1S/C15H13BrClNO3/c1-8(2)12-5-9(15(19)20)6-14(18-12)21-13-4-3-10(17)7-11(13)16/h3-8H,1-2H3,(H,19,20). The van der Waals surface area contributed by atoms with Gasteiger partial charge in [-0.1, -0.05) is 25.4 Å². The second-order valence-electron chi connectivity index (χ2n) is 4.76. The minimum Gasteiger partial charge on any atom is -0.478 e. The number of hydrogen-bond donors (Lipinski definition) is 1. The number of benzene rings is 1. The van der Waals surface area contributed by atoms with Crippen LogP contribution in [0.4, 0.5) is 0 Å². The molecule has 0 spiro atoms. The van der Waals surface area contributed by atoms with Gasteiger partial charge in [0.2, 0.25) is 5.88 Å². The Morgan fingerprint density at radius 2 is 2.05 bits per heavy atom. The van der Waals surface area contributed by atoms with Crippen molar-refractivity contribution in [3.05, 3.63) is 51.1 Å². The Morgan fingerprint density at radius 1 is 1.33 bits per heavy atom. The summed E-state index contributed by atoms with van der Waals surface area (Å²) < 4.78 is 6.34. The molecule has 0 saturated heterocycles. The summed E-state index contributed by atoms with van der Waals surface area (Å²) in [6.45, 7) is 3.88. The minimum atomic E-state index is -1.01. The van der Waals surface area contributed by atoms with E-state index in [2.05, 4.69) is 20.9 Å². The minimum absolute atomic E-state index is 0.0975. The van der Waals surface area contributed by atoms with Gasteiger partial charge in [-0.15, -0.1) is 0 Å². The van der Waals surface area contributed by atoms with Crippen molar-refractivity contribution in [2.45, 2.75) is 19.8 Å². The fourth-order valence-electron chi connectivity index (χ4n) is 1.67. The predicted molar refractivity (Wildman–Crippen MR) is 84.5 cm³/mol. The average Bonchev–Trinajstić information content (AvgIpc) is 2.41. The normalized spacial score (nSPS) is 10.7. The summed E-state index contributed by atoms with van der Waals surface area (Å²) in [5.41, 5.74) is 0.809. The summed E-state index contributed by atoms with van der Waals surface area (Å²) in [4.78, 5) is 15.5. The molecule has 0 atom stereocenters. The second kappa shape index (κ2) is 6.45. The third-order valence-electron chi connectivity index (χ3n) is 2.77. The van der Waals surface area contributed by atoms with Crippen molar-refractivity contribution in [3.8, 4) is 11.6 Å². The lowest BCUT2D eigenvalue weighted by atomic mass is 10.1. The van der Waals surface area contributed by atoms with E-state index < -0.39 is 5.97 Å². The average molecular weight is 371 g/mol. The summed E-state index contributed by atoms with van der Waals surface area (Å²) in [5, 5.41) is 9.74. The molecule has 0 aliphatic carbocycles. The van der Waals surface area contributed by atoms with Crippen LogP contribution in [0, 0.1) is 0 Å². The Balaban J connectivity index is 2.41. The maximum atomic E-state index is 11.2. The number of halogens is 2. The summed E-state index contributed by atoms with van der Waals surface area (Å²) in [6, 6.07) is 8.02. The highest BCUT2D eigenvalue weighted by molar-refractivity contribution is 9.10. The van der Waals surface area contributed by atoms with Crippen molar-refractivity contribution in [1.82, 2.24) is 4.98 Å². The fraction of sp³-hybridized carbons (Fsp3) is 0.200. The van der Waals surface area contributed by atoms with Crippen molar-refractivity contribution in [2.75, 3.05) is 0 Å². The molecule has 6 heteroatoms. The molecule has 0 amide bonds. The first-order valence-corrected chi connectivity index (χ1v) is 7.42. The van der Waals surface area contributed by atoms with Crippen LogP contribution < -0.4 is 4.74 Å². The molecule has 1 heterocycles. The van der Waals surface area contributed by atoms with Gasteiger partial charge in [-0.25, -0.2) is 9.78 Å². The van der Waals surface area contributed by atoms with Gasteiger partial charge < -0.3 is 9.84 Å². The van der Waals surface area contributed by atoms with Gasteiger partial charge >= 0.3 is 5.97 Å². The third-order valence-corrected chi connectivity index (χ3v) is 3.62. The van der Waals surface area contributed by atoms with E-state index in [0.29, 0.717) is 20.9 Å². The first kappa shape index (κ1) is 15.8. The SMILES string of the molecule is CC(C)c1cc(C(=O)O)cc(Oc2ccc(Cl)cc2Br)n1. The molecule has 110 valence electrons. The van der Waals surface area contributed by atoms with E-state index in [0.717, 1.165) is 0 Å². The quantitative estimate of drug-likeness (QED) is 0.812. The molecule has 0 unspecified atom stereocenters. The van der Waals surface area contributed by atoms with Crippen LogP contribution in [0.1, 0.15) is 35.8 Å². The highest BCUT2D eigenvalue weighted by atomic mass is 79.9. The summed E-state index contributed by atoms with van der Waals surface area (Å²) in [6.07, 6.45) is 0. The molecule has 21 heavy (non-hydrogen) atoms. The molecule has 2 rings (SSSR count). The molecule has 2 aromatic rings. The van der Waals surface area contributed by atoms with Crippen molar-refractivity contribution in [2.24, 2.45) is 0 Å². The van der Waals surface area contributed by atoms with Crippen LogP contribution in [-0.4, -0.2) is 16.1 Å². The van der Waals surface area contributed by atoms with Gasteiger partial charge in [0.15, 0.2) is 0 Å². The van der Waals surface area contributed by atoms with Gasteiger partial charge in [0.25, 0.3) is 0 Å². The molecule has 1 aromatic carbocycles. The van der Waals surface area contributed by atoms with Crippen LogP contribution in [0.25, 0.3) is 0 Å². The zero-order chi connectivity index (χ0) is 15.6. The van der Waals surface area contributed by atoms with Crippen molar-refractivity contribution >= 4 is 33.5 Å². The first-order valence-electron chi connectivity index (χ1n) is 6.25. The van der Waals surface area contributed by atoms with Gasteiger partial charge in [0, 0.05) is 16.8 Å².